The van der Waals surface area contributed by atoms with E-state index in [-0.39, 0.29) is 11.1 Å². The number of aromatic amines is 1. The van der Waals surface area contributed by atoms with Crippen molar-refractivity contribution in [3.63, 3.8) is 0 Å². The normalized spacial score (nSPS) is 10.9. The number of nitrogens with zero attached hydrogens (tertiary/aromatic N) is 3. The lowest BCUT2D eigenvalue weighted by molar-refractivity contribution is 0.698. The number of hydrogen-bond acceptors (Lipinski definition) is 3. The fraction of sp³-hybridized carbons (Fsp3) is 0.0833. The van der Waals surface area contributed by atoms with Crippen LogP contribution in [0.4, 0.5) is 0 Å². The van der Waals surface area contributed by atoms with Gasteiger partial charge in [-0.1, -0.05) is 17.7 Å². The van der Waals surface area contributed by atoms with Gasteiger partial charge in [0.05, 0.1) is 11.9 Å². The molecule has 3 aromatic rings. The number of rotatable bonds is 1. The van der Waals surface area contributed by atoms with Crippen molar-refractivity contribution in [2.75, 3.05) is 0 Å². The Kier molecular flexibility index (Phi) is 2.16. The van der Waals surface area contributed by atoms with Gasteiger partial charge in [0.25, 0.3) is 5.56 Å². The summed E-state index contributed by atoms with van der Waals surface area (Å²) in [6.07, 6.45) is 1.42. The van der Waals surface area contributed by atoms with Gasteiger partial charge in [0.2, 0.25) is 0 Å². The van der Waals surface area contributed by atoms with Gasteiger partial charge >= 0.3 is 5.69 Å². The van der Waals surface area contributed by atoms with Crippen LogP contribution < -0.4 is 11.2 Å². The summed E-state index contributed by atoms with van der Waals surface area (Å²) in [7, 11) is 0. The maximum atomic E-state index is 12.1. The fourth-order valence-corrected chi connectivity index (χ4v) is 1.80. The van der Waals surface area contributed by atoms with E-state index in [0.29, 0.717) is 5.69 Å². The summed E-state index contributed by atoms with van der Waals surface area (Å²) in [5.74, 6) is 0. The number of hydrogen-bond donors (Lipinski definition) is 1. The molecule has 0 unspecified atom stereocenters. The largest absolute Gasteiger partial charge is 0.368 e. The number of fused-ring (bicyclic) bond motifs is 1. The Balaban J connectivity index is 2.36. The highest BCUT2D eigenvalue weighted by Crippen LogP contribution is 2.05. The Morgan fingerprint density at radius 3 is 2.56 bits per heavy atom. The minimum atomic E-state index is -0.404. The van der Waals surface area contributed by atoms with E-state index in [0.717, 1.165) is 10.1 Å². The molecule has 0 radical (unpaired) electrons. The van der Waals surface area contributed by atoms with Crippen molar-refractivity contribution < 1.29 is 0 Å². The van der Waals surface area contributed by atoms with Crippen LogP contribution in [0, 0.1) is 6.92 Å². The Morgan fingerprint density at radius 1 is 1.11 bits per heavy atom. The van der Waals surface area contributed by atoms with Crippen LogP contribution in [0.1, 0.15) is 5.56 Å². The molecule has 2 aromatic heterocycles. The van der Waals surface area contributed by atoms with Gasteiger partial charge in [-0.15, -0.1) is 0 Å². The molecule has 18 heavy (non-hydrogen) atoms. The zero-order valence-electron chi connectivity index (χ0n) is 9.62. The summed E-state index contributed by atoms with van der Waals surface area (Å²) in [6, 6.07) is 8.77. The monoisotopic (exact) mass is 242 g/mol. The second-order valence-electron chi connectivity index (χ2n) is 4.02. The third-order valence-electron chi connectivity index (χ3n) is 2.75. The van der Waals surface area contributed by atoms with Crippen LogP contribution in [-0.4, -0.2) is 19.4 Å². The smallest absolute Gasteiger partial charge is 0.266 e. The third-order valence-corrected chi connectivity index (χ3v) is 2.75. The van der Waals surface area contributed by atoms with Gasteiger partial charge in [0.15, 0.2) is 0 Å². The quantitative estimate of drug-likeness (QED) is 0.674. The molecule has 0 spiro atoms. The summed E-state index contributed by atoms with van der Waals surface area (Å²) in [4.78, 5) is 23.9. The van der Waals surface area contributed by atoms with Crippen LogP contribution in [0.2, 0.25) is 0 Å². The average Bonchev–Trinajstić information content (AvgIpc) is 2.85. The Labute approximate surface area is 101 Å². The van der Waals surface area contributed by atoms with Crippen molar-refractivity contribution >= 4 is 5.52 Å². The summed E-state index contributed by atoms with van der Waals surface area (Å²) >= 11 is 0. The Morgan fingerprint density at radius 2 is 1.83 bits per heavy atom. The standard InChI is InChI=1S/C12H10N4O2/c1-8-2-4-9(5-3-8)15-12(18)16-10(6-7-13-16)11(17)14-15/h2-7H,1H3,(H,14,17). The van der Waals surface area contributed by atoms with Crippen LogP contribution in [-0.2, 0) is 0 Å². The van der Waals surface area contributed by atoms with Gasteiger partial charge in [-0.3, -0.25) is 9.89 Å². The van der Waals surface area contributed by atoms with Crippen LogP contribution in [0.15, 0.2) is 46.1 Å². The van der Waals surface area contributed by atoms with Gasteiger partial charge in [-0.2, -0.15) is 9.61 Å². The van der Waals surface area contributed by atoms with E-state index in [9.17, 15) is 9.59 Å². The molecule has 1 aromatic carbocycles. The molecule has 0 bridgehead atoms. The minimum Gasteiger partial charge on any atom is -0.266 e. The number of H-pyrrole nitrogens is 1. The van der Waals surface area contributed by atoms with Crippen LogP contribution in [0.25, 0.3) is 11.2 Å². The molecule has 0 aliphatic carbocycles. The summed E-state index contributed by atoms with van der Waals surface area (Å²) in [5.41, 5.74) is 1.16. The third kappa shape index (κ3) is 1.46. The molecule has 0 fully saturated rings. The first-order valence-corrected chi connectivity index (χ1v) is 5.43. The van der Waals surface area contributed by atoms with E-state index in [2.05, 4.69) is 10.2 Å². The van der Waals surface area contributed by atoms with E-state index in [1.165, 1.54) is 16.9 Å². The van der Waals surface area contributed by atoms with Gasteiger partial charge in [-0.05, 0) is 25.1 Å². The second-order valence-corrected chi connectivity index (χ2v) is 4.02. The fourth-order valence-electron chi connectivity index (χ4n) is 1.80. The topological polar surface area (TPSA) is 72.2 Å². The number of aryl methyl sites for hydroxylation is 1. The number of nitrogens with one attached hydrogen (secondary N) is 1. The minimum absolute atomic E-state index is 0.239. The highest BCUT2D eigenvalue weighted by molar-refractivity contribution is 5.42. The number of aromatic nitrogens is 4. The predicted octanol–water partition coefficient (Wildman–Crippen LogP) is 0.482. The van der Waals surface area contributed by atoms with E-state index in [4.69, 9.17) is 0 Å². The first-order valence-electron chi connectivity index (χ1n) is 5.43. The van der Waals surface area contributed by atoms with E-state index in [1.54, 1.807) is 12.1 Å². The van der Waals surface area contributed by atoms with E-state index >= 15 is 0 Å². The molecular weight excluding hydrogens is 232 g/mol. The molecule has 1 N–H and O–H groups in total. The molecular formula is C12H10N4O2. The van der Waals surface area contributed by atoms with Crippen LogP contribution >= 0.6 is 0 Å². The lowest BCUT2D eigenvalue weighted by atomic mass is 10.2. The highest BCUT2D eigenvalue weighted by Gasteiger charge is 2.08. The van der Waals surface area contributed by atoms with Gasteiger partial charge in [-0.25, -0.2) is 9.48 Å². The summed E-state index contributed by atoms with van der Waals surface area (Å²) in [5, 5.41) is 6.37. The predicted molar refractivity (Wildman–Crippen MR) is 66.1 cm³/mol. The molecule has 0 aliphatic rings. The molecule has 3 rings (SSSR count). The Hall–Kier alpha value is -2.63. The van der Waals surface area contributed by atoms with Gasteiger partial charge < -0.3 is 0 Å². The second kappa shape index (κ2) is 3.69. The molecule has 6 nitrogen and oxygen atoms in total. The van der Waals surface area contributed by atoms with Crippen molar-refractivity contribution in [3.05, 3.63) is 62.9 Å². The zero-order valence-corrected chi connectivity index (χ0v) is 9.62. The molecule has 0 amide bonds. The maximum Gasteiger partial charge on any atom is 0.368 e. The molecule has 2 heterocycles. The van der Waals surface area contributed by atoms with Crippen LogP contribution in [0.3, 0.4) is 0 Å². The van der Waals surface area contributed by atoms with E-state index in [1.807, 2.05) is 19.1 Å². The molecule has 0 saturated carbocycles. The number of benzene rings is 1. The molecule has 0 saturated heterocycles. The Bertz CT molecular complexity index is 824. The zero-order chi connectivity index (χ0) is 12.7. The van der Waals surface area contributed by atoms with E-state index < -0.39 is 5.69 Å². The molecule has 6 heteroatoms. The SMILES string of the molecule is Cc1ccc(-n2[nH]c(=O)c3ccnn3c2=O)cc1. The average molecular weight is 242 g/mol. The summed E-state index contributed by atoms with van der Waals surface area (Å²) in [6.45, 7) is 1.95. The molecule has 0 atom stereocenters. The first kappa shape index (κ1) is 10.5. The van der Waals surface area contributed by atoms with Crippen molar-refractivity contribution in [3.8, 4) is 5.69 Å². The lowest BCUT2D eigenvalue weighted by Gasteiger charge is -2.05. The van der Waals surface area contributed by atoms with Crippen molar-refractivity contribution in [1.82, 2.24) is 19.4 Å². The first-order chi connectivity index (χ1) is 8.66. The van der Waals surface area contributed by atoms with Crippen molar-refractivity contribution in [2.24, 2.45) is 0 Å². The van der Waals surface area contributed by atoms with Gasteiger partial charge in [0, 0.05) is 0 Å². The van der Waals surface area contributed by atoms with Crippen molar-refractivity contribution in [1.29, 1.82) is 0 Å². The van der Waals surface area contributed by atoms with Crippen molar-refractivity contribution in [2.45, 2.75) is 6.92 Å². The summed E-state index contributed by atoms with van der Waals surface area (Å²) < 4.78 is 2.26. The lowest BCUT2D eigenvalue weighted by Crippen LogP contribution is -2.34. The van der Waals surface area contributed by atoms with Gasteiger partial charge in [0.1, 0.15) is 5.52 Å². The molecule has 0 aliphatic heterocycles. The highest BCUT2D eigenvalue weighted by atomic mass is 16.2. The van der Waals surface area contributed by atoms with Crippen LogP contribution in [0.5, 0.6) is 0 Å². The maximum absolute atomic E-state index is 12.1. The molecule has 90 valence electrons.